The standard InChI is InChI=1S/C27H30N2O5/c1-18-6-3-4-7-21(18)16-33-23-11-9-20(10-12-23)15-25(30)29-13-5-8-24(29)26-28-22(17-34-26)14-19(2)27(31)32/h3-4,6-7,9-12,17,19,24H,5,8,13-16H2,1-2H3,(H,31,32). The Kier molecular flexibility index (Phi) is 7.30. The summed E-state index contributed by atoms with van der Waals surface area (Å²) in [5.74, 6) is -0.133. The van der Waals surface area contributed by atoms with E-state index >= 15 is 0 Å². The van der Waals surface area contributed by atoms with Crippen LogP contribution in [0.4, 0.5) is 0 Å². The lowest BCUT2D eigenvalue weighted by atomic mass is 10.1. The average molecular weight is 463 g/mol. The van der Waals surface area contributed by atoms with Crippen LogP contribution in [0.15, 0.2) is 59.2 Å². The molecule has 4 rings (SSSR count). The van der Waals surface area contributed by atoms with Crippen molar-refractivity contribution in [3.8, 4) is 5.75 Å². The quantitative estimate of drug-likeness (QED) is 0.494. The maximum atomic E-state index is 13.1. The van der Waals surface area contributed by atoms with Crippen molar-refractivity contribution in [3.05, 3.63) is 83.1 Å². The number of hydrogen-bond acceptors (Lipinski definition) is 5. The molecule has 34 heavy (non-hydrogen) atoms. The highest BCUT2D eigenvalue weighted by molar-refractivity contribution is 5.79. The van der Waals surface area contributed by atoms with Crippen molar-refractivity contribution in [1.29, 1.82) is 0 Å². The minimum atomic E-state index is -0.867. The van der Waals surface area contributed by atoms with E-state index in [1.165, 1.54) is 11.8 Å². The van der Waals surface area contributed by atoms with E-state index in [1.54, 1.807) is 6.92 Å². The third-order valence-electron chi connectivity index (χ3n) is 6.30. The smallest absolute Gasteiger partial charge is 0.306 e. The Balaban J connectivity index is 1.34. The lowest BCUT2D eigenvalue weighted by Crippen LogP contribution is -2.32. The molecule has 0 spiro atoms. The number of aromatic nitrogens is 1. The minimum absolute atomic E-state index is 0.0229. The number of carbonyl (C=O) groups excluding carboxylic acids is 1. The van der Waals surface area contributed by atoms with Crippen LogP contribution in [0.1, 0.15) is 54.1 Å². The highest BCUT2D eigenvalue weighted by Gasteiger charge is 2.33. The summed E-state index contributed by atoms with van der Waals surface area (Å²) in [6.07, 6.45) is 3.76. The van der Waals surface area contributed by atoms with Gasteiger partial charge in [0.2, 0.25) is 11.8 Å². The monoisotopic (exact) mass is 462 g/mol. The van der Waals surface area contributed by atoms with E-state index in [0.29, 0.717) is 31.2 Å². The molecule has 7 nitrogen and oxygen atoms in total. The SMILES string of the molecule is Cc1ccccc1COc1ccc(CC(=O)N2CCCC2c2nc(CC(C)C(=O)O)co2)cc1. The first-order valence-electron chi connectivity index (χ1n) is 11.6. The van der Waals surface area contributed by atoms with Crippen LogP contribution in [-0.4, -0.2) is 33.4 Å². The van der Waals surface area contributed by atoms with Crippen molar-refractivity contribution >= 4 is 11.9 Å². The lowest BCUT2D eigenvalue weighted by Gasteiger charge is -2.22. The molecular weight excluding hydrogens is 432 g/mol. The number of carboxylic acid groups (broad SMARTS) is 1. The number of amides is 1. The van der Waals surface area contributed by atoms with Crippen LogP contribution >= 0.6 is 0 Å². The molecule has 0 saturated carbocycles. The third-order valence-corrected chi connectivity index (χ3v) is 6.30. The zero-order valence-corrected chi connectivity index (χ0v) is 19.6. The first-order valence-corrected chi connectivity index (χ1v) is 11.6. The van der Waals surface area contributed by atoms with E-state index in [9.17, 15) is 9.59 Å². The van der Waals surface area contributed by atoms with Gasteiger partial charge in [0, 0.05) is 13.0 Å². The third kappa shape index (κ3) is 5.65. The first-order chi connectivity index (χ1) is 16.4. The molecule has 1 aromatic heterocycles. The molecule has 7 heteroatoms. The fourth-order valence-corrected chi connectivity index (χ4v) is 4.21. The first kappa shape index (κ1) is 23.5. The molecular formula is C27H30N2O5. The summed E-state index contributed by atoms with van der Waals surface area (Å²) in [6, 6.07) is 15.6. The van der Waals surface area contributed by atoms with Gasteiger partial charge in [0.05, 0.1) is 18.0 Å². The fraction of sp³-hybridized carbons (Fsp3) is 0.370. The van der Waals surface area contributed by atoms with Gasteiger partial charge in [-0.05, 0) is 48.6 Å². The van der Waals surface area contributed by atoms with Crippen LogP contribution in [0.25, 0.3) is 0 Å². The summed E-state index contributed by atoms with van der Waals surface area (Å²) >= 11 is 0. The second-order valence-corrected chi connectivity index (χ2v) is 8.90. The van der Waals surface area contributed by atoms with Crippen molar-refractivity contribution in [2.45, 2.75) is 52.2 Å². The highest BCUT2D eigenvalue weighted by Crippen LogP contribution is 2.32. The predicted molar refractivity (Wildman–Crippen MR) is 126 cm³/mol. The molecule has 2 aromatic carbocycles. The molecule has 178 valence electrons. The van der Waals surface area contributed by atoms with Crippen molar-refractivity contribution < 1.29 is 23.8 Å². The van der Waals surface area contributed by atoms with Gasteiger partial charge in [0.25, 0.3) is 0 Å². The molecule has 1 amide bonds. The van der Waals surface area contributed by atoms with Gasteiger partial charge in [0.15, 0.2) is 0 Å². The van der Waals surface area contributed by atoms with E-state index in [2.05, 4.69) is 24.0 Å². The molecule has 1 aliphatic rings. The normalized spacial score (nSPS) is 16.4. The molecule has 2 unspecified atom stereocenters. The van der Waals surface area contributed by atoms with Crippen LogP contribution in [-0.2, 0) is 29.0 Å². The van der Waals surface area contributed by atoms with E-state index in [1.807, 2.05) is 41.3 Å². The second-order valence-electron chi connectivity index (χ2n) is 8.90. The number of carbonyl (C=O) groups is 2. The number of carboxylic acids is 1. The van der Waals surface area contributed by atoms with E-state index in [-0.39, 0.29) is 18.4 Å². The topological polar surface area (TPSA) is 92.9 Å². The van der Waals surface area contributed by atoms with Gasteiger partial charge in [0.1, 0.15) is 24.7 Å². The summed E-state index contributed by atoms with van der Waals surface area (Å²) in [5.41, 5.74) is 3.86. The minimum Gasteiger partial charge on any atom is -0.489 e. The molecule has 0 radical (unpaired) electrons. The van der Waals surface area contributed by atoms with Crippen molar-refractivity contribution in [1.82, 2.24) is 9.88 Å². The van der Waals surface area contributed by atoms with Gasteiger partial charge in [-0.2, -0.15) is 0 Å². The number of oxazole rings is 1. The van der Waals surface area contributed by atoms with Crippen LogP contribution in [0.5, 0.6) is 5.75 Å². The maximum Gasteiger partial charge on any atom is 0.306 e. The van der Waals surface area contributed by atoms with Crippen LogP contribution in [0.2, 0.25) is 0 Å². The van der Waals surface area contributed by atoms with E-state index < -0.39 is 11.9 Å². The molecule has 1 aliphatic heterocycles. The number of benzene rings is 2. The molecule has 2 atom stereocenters. The fourth-order valence-electron chi connectivity index (χ4n) is 4.21. The summed E-state index contributed by atoms with van der Waals surface area (Å²) in [6.45, 7) is 4.86. The number of likely N-dealkylation sites (tertiary alicyclic amines) is 1. The van der Waals surface area contributed by atoms with Crippen molar-refractivity contribution in [3.63, 3.8) is 0 Å². The van der Waals surface area contributed by atoms with Gasteiger partial charge in [-0.25, -0.2) is 4.98 Å². The summed E-state index contributed by atoms with van der Waals surface area (Å²) in [5, 5.41) is 9.11. The number of ether oxygens (including phenoxy) is 1. The molecule has 0 aliphatic carbocycles. The molecule has 2 heterocycles. The highest BCUT2D eigenvalue weighted by atomic mass is 16.5. The summed E-state index contributed by atoms with van der Waals surface area (Å²) in [7, 11) is 0. The molecule has 0 bridgehead atoms. The van der Waals surface area contributed by atoms with Gasteiger partial charge in [-0.15, -0.1) is 0 Å². The predicted octanol–water partition coefficient (Wildman–Crippen LogP) is 4.73. The Labute approximate surface area is 199 Å². The average Bonchev–Trinajstić information content (AvgIpc) is 3.49. The Morgan fingerprint density at radius 2 is 1.97 bits per heavy atom. The molecule has 1 fully saturated rings. The van der Waals surface area contributed by atoms with Gasteiger partial charge < -0.3 is 19.2 Å². The summed E-state index contributed by atoms with van der Waals surface area (Å²) < 4.78 is 11.5. The molecule has 1 saturated heterocycles. The number of hydrogen-bond donors (Lipinski definition) is 1. The zero-order chi connectivity index (χ0) is 24.1. The van der Waals surface area contributed by atoms with Crippen molar-refractivity contribution in [2.75, 3.05) is 6.54 Å². The Bertz CT molecular complexity index is 1140. The van der Waals surface area contributed by atoms with Gasteiger partial charge in [-0.3, -0.25) is 9.59 Å². The van der Waals surface area contributed by atoms with Gasteiger partial charge in [-0.1, -0.05) is 43.3 Å². The Hall–Kier alpha value is -3.61. The van der Waals surface area contributed by atoms with E-state index in [4.69, 9.17) is 14.3 Å². The Morgan fingerprint density at radius 3 is 2.71 bits per heavy atom. The molecule has 3 aromatic rings. The number of nitrogens with zero attached hydrogens (tertiary/aromatic N) is 2. The number of rotatable bonds is 9. The zero-order valence-electron chi connectivity index (χ0n) is 19.6. The van der Waals surface area contributed by atoms with Crippen LogP contribution < -0.4 is 4.74 Å². The largest absolute Gasteiger partial charge is 0.489 e. The molecule has 1 N–H and O–H groups in total. The maximum absolute atomic E-state index is 13.1. The van der Waals surface area contributed by atoms with Gasteiger partial charge >= 0.3 is 5.97 Å². The summed E-state index contributed by atoms with van der Waals surface area (Å²) in [4.78, 5) is 30.4. The van der Waals surface area contributed by atoms with Crippen LogP contribution in [0, 0.1) is 12.8 Å². The Morgan fingerprint density at radius 1 is 1.21 bits per heavy atom. The van der Waals surface area contributed by atoms with Crippen LogP contribution in [0.3, 0.4) is 0 Å². The lowest BCUT2D eigenvalue weighted by molar-refractivity contribution is -0.141. The van der Waals surface area contributed by atoms with Crippen molar-refractivity contribution in [2.24, 2.45) is 5.92 Å². The number of aryl methyl sites for hydroxylation is 1. The number of aliphatic carboxylic acids is 1. The van der Waals surface area contributed by atoms with E-state index in [0.717, 1.165) is 29.7 Å². The second kappa shape index (κ2) is 10.5.